The summed E-state index contributed by atoms with van der Waals surface area (Å²) in [6, 6.07) is 18.5. The second kappa shape index (κ2) is 12.1. The van der Waals surface area contributed by atoms with Crippen LogP contribution in [-0.2, 0) is 23.5 Å². The van der Waals surface area contributed by atoms with E-state index >= 15 is 0 Å². The van der Waals surface area contributed by atoms with Crippen molar-refractivity contribution in [3.8, 4) is 0 Å². The Balaban J connectivity index is 2.00. The summed E-state index contributed by atoms with van der Waals surface area (Å²) in [5.41, 5.74) is -5.61. The van der Waals surface area contributed by atoms with Gasteiger partial charge in [0.1, 0.15) is 5.76 Å². The first-order valence-corrected chi connectivity index (χ1v) is 15.9. The van der Waals surface area contributed by atoms with Crippen molar-refractivity contribution >= 4 is 34.9 Å². The molecule has 0 unspecified atom stereocenters. The van der Waals surface area contributed by atoms with Gasteiger partial charge in [0.15, 0.2) is 0 Å². The number of hydrogen-bond acceptors (Lipinski definition) is 6. The van der Waals surface area contributed by atoms with Gasteiger partial charge < -0.3 is 13.3 Å². The van der Waals surface area contributed by atoms with Crippen LogP contribution in [0.5, 0.6) is 0 Å². The van der Waals surface area contributed by atoms with E-state index < -0.39 is 53.4 Å². The lowest BCUT2D eigenvalue weighted by Crippen LogP contribution is -2.67. The predicted molar refractivity (Wildman–Crippen MR) is 144 cm³/mol. The van der Waals surface area contributed by atoms with E-state index in [1.807, 2.05) is 67.6 Å². The van der Waals surface area contributed by atoms with Crippen LogP contribution in [0.25, 0.3) is 0 Å². The summed E-state index contributed by atoms with van der Waals surface area (Å²) in [6.07, 6.45) is 1.76. The van der Waals surface area contributed by atoms with Gasteiger partial charge in [-0.1, -0.05) is 94.8 Å². The molecule has 0 aliphatic carbocycles. The minimum atomic E-state index is -5.91. The van der Waals surface area contributed by atoms with Gasteiger partial charge in [0.25, 0.3) is 8.32 Å². The highest BCUT2D eigenvalue weighted by Gasteiger charge is 2.52. The van der Waals surface area contributed by atoms with Crippen LogP contribution >= 0.6 is 0 Å². The Hall–Kier alpha value is -2.83. The lowest BCUT2D eigenvalue weighted by molar-refractivity contribution is -0.0523. The van der Waals surface area contributed by atoms with Crippen LogP contribution in [0.1, 0.15) is 40.5 Å². The first-order chi connectivity index (χ1) is 18.2. The minimum Gasteiger partial charge on any atom is -0.449 e. The molecule has 1 aliphatic heterocycles. The fourth-order valence-electron chi connectivity index (χ4n) is 4.58. The molecule has 0 bridgehead atoms. The maximum Gasteiger partial charge on any atom is 0.534 e. The summed E-state index contributed by atoms with van der Waals surface area (Å²) in [5.74, 6) is -0.518. The van der Waals surface area contributed by atoms with Gasteiger partial charge in [0, 0.05) is 0 Å². The largest absolute Gasteiger partial charge is 0.534 e. The number of rotatable bonds is 10. The van der Waals surface area contributed by atoms with E-state index in [1.165, 1.54) is 6.08 Å². The second-order valence-corrected chi connectivity index (χ2v) is 16.1. The Morgan fingerprint density at radius 3 is 2.00 bits per heavy atom. The molecule has 7 nitrogen and oxygen atoms in total. The summed E-state index contributed by atoms with van der Waals surface area (Å²) in [5, 5.41) is 1.54. The fraction of sp³-hybridized carbons (Fsp3) is 0.444. The molecular formula is C27H34F3NO6SSi. The van der Waals surface area contributed by atoms with Gasteiger partial charge in [-0.3, -0.25) is 4.90 Å². The number of nitrogens with zero attached hydrogens (tertiary/aromatic N) is 1. The third-order valence-corrected chi connectivity index (χ3v) is 12.5. The van der Waals surface area contributed by atoms with Crippen LogP contribution in [0, 0.1) is 0 Å². The molecule has 0 radical (unpaired) electrons. The average Bonchev–Trinajstić information content (AvgIpc) is 3.26. The Morgan fingerprint density at radius 2 is 1.54 bits per heavy atom. The number of unbranched alkanes of at least 4 members (excludes halogenated alkanes) is 1. The second-order valence-electron chi connectivity index (χ2n) is 10.3. The van der Waals surface area contributed by atoms with Gasteiger partial charge >= 0.3 is 21.7 Å². The molecule has 12 heteroatoms. The summed E-state index contributed by atoms with van der Waals surface area (Å²) < 4.78 is 78.8. The van der Waals surface area contributed by atoms with Gasteiger partial charge in [-0.15, -0.1) is 0 Å². The standard InChI is InChI=1S/C27H34F3NO6SSi/c1-5-6-17-35-25(32)31-19-22(37-38(33,34)27(28,29)30)18-21(31)20-36-39(26(2,3)4,23-13-9-7-10-14-23)24-15-11-8-12-16-24/h7-16,18,21H,5-6,17,19-20H2,1-4H3/t21-/m0/s1. The van der Waals surface area contributed by atoms with E-state index in [2.05, 4.69) is 25.0 Å². The number of hydrogen-bond donors (Lipinski definition) is 0. The SMILES string of the molecule is CCCCOC(=O)N1CC(OS(=O)(=O)C(F)(F)F)=C[C@H]1CO[Si](c1ccccc1)(c1ccccc1)C(C)(C)C. The number of carbonyl (C=O) groups excluding carboxylic acids is 1. The van der Waals surface area contributed by atoms with Crippen LogP contribution in [-0.4, -0.2) is 59.0 Å². The molecule has 1 aliphatic rings. The van der Waals surface area contributed by atoms with Crippen LogP contribution in [0.3, 0.4) is 0 Å². The molecule has 1 heterocycles. The smallest absolute Gasteiger partial charge is 0.449 e. The summed E-state index contributed by atoms with van der Waals surface area (Å²) in [4.78, 5) is 14.0. The maximum atomic E-state index is 13.0. The number of carbonyl (C=O) groups is 1. The van der Waals surface area contributed by atoms with E-state index in [9.17, 15) is 26.4 Å². The molecule has 2 aromatic carbocycles. The molecule has 2 aromatic rings. The van der Waals surface area contributed by atoms with Crippen molar-refractivity contribution < 1.29 is 39.7 Å². The highest BCUT2D eigenvalue weighted by atomic mass is 32.2. The summed E-state index contributed by atoms with van der Waals surface area (Å²) >= 11 is 0. The van der Waals surface area contributed by atoms with Crippen molar-refractivity contribution in [2.24, 2.45) is 0 Å². The van der Waals surface area contributed by atoms with Gasteiger partial charge in [-0.2, -0.15) is 21.6 Å². The van der Waals surface area contributed by atoms with Crippen LogP contribution in [0.15, 0.2) is 72.5 Å². The zero-order valence-electron chi connectivity index (χ0n) is 22.4. The quantitative estimate of drug-likeness (QED) is 0.170. The Kier molecular flexibility index (Phi) is 9.55. The number of benzene rings is 2. The van der Waals surface area contributed by atoms with Crippen molar-refractivity contribution in [2.45, 2.75) is 57.1 Å². The fourth-order valence-corrected chi connectivity index (χ4v) is 9.64. The van der Waals surface area contributed by atoms with Crippen molar-refractivity contribution in [1.82, 2.24) is 4.90 Å². The highest BCUT2D eigenvalue weighted by molar-refractivity contribution is 7.87. The molecule has 39 heavy (non-hydrogen) atoms. The van der Waals surface area contributed by atoms with Crippen molar-refractivity contribution in [2.75, 3.05) is 19.8 Å². The molecule has 0 saturated carbocycles. The zero-order valence-corrected chi connectivity index (χ0v) is 24.2. The predicted octanol–water partition coefficient (Wildman–Crippen LogP) is 4.93. The molecular weight excluding hydrogens is 551 g/mol. The Morgan fingerprint density at radius 1 is 1.00 bits per heavy atom. The molecule has 0 fully saturated rings. The van der Waals surface area contributed by atoms with Gasteiger partial charge in [-0.05, 0) is 27.9 Å². The van der Waals surface area contributed by atoms with Crippen molar-refractivity contribution in [3.05, 3.63) is 72.5 Å². The molecule has 214 valence electrons. The lowest BCUT2D eigenvalue weighted by atomic mass is 10.2. The van der Waals surface area contributed by atoms with Crippen LogP contribution < -0.4 is 10.4 Å². The van der Waals surface area contributed by atoms with E-state index in [4.69, 9.17) is 9.16 Å². The number of halogens is 3. The number of ether oxygens (including phenoxy) is 1. The zero-order chi connectivity index (χ0) is 28.9. The maximum absolute atomic E-state index is 13.0. The molecule has 0 spiro atoms. The van der Waals surface area contributed by atoms with Gasteiger partial charge in [0.05, 0.1) is 25.8 Å². The van der Waals surface area contributed by atoms with Crippen molar-refractivity contribution in [1.29, 1.82) is 0 Å². The summed E-state index contributed by atoms with van der Waals surface area (Å²) in [7, 11) is -8.96. The topological polar surface area (TPSA) is 82.1 Å². The number of alkyl halides is 3. The molecule has 0 aromatic heterocycles. The van der Waals surface area contributed by atoms with Crippen LogP contribution in [0.4, 0.5) is 18.0 Å². The first kappa shape index (κ1) is 30.7. The first-order valence-electron chi connectivity index (χ1n) is 12.6. The van der Waals surface area contributed by atoms with E-state index in [-0.39, 0.29) is 13.2 Å². The van der Waals surface area contributed by atoms with E-state index in [1.54, 1.807) is 0 Å². The average molecular weight is 586 g/mol. The molecule has 0 N–H and O–H groups in total. The molecule has 0 saturated heterocycles. The lowest BCUT2D eigenvalue weighted by Gasteiger charge is -2.43. The third kappa shape index (κ3) is 6.85. The minimum absolute atomic E-state index is 0.116. The Bertz CT molecular complexity index is 1210. The number of amides is 1. The normalized spacial score (nSPS) is 16.6. The molecule has 1 atom stereocenters. The van der Waals surface area contributed by atoms with E-state index in [0.29, 0.717) is 6.42 Å². The summed E-state index contributed by atoms with van der Waals surface area (Å²) in [6.45, 7) is 7.59. The molecule has 3 rings (SSSR count). The van der Waals surface area contributed by atoms with E-state index in [0.717, 1.165) is 21.7 Å². The highest BCUT2D eigenvalue weighted by Crippen LogP contribution is 2.37. The third-order valence-electron chi connectivity index (χ3n) is 6.45. The Labute approximate surface area is 228 Å². The van der Waals surface area contributed by atoms with Crippen LogP contribution in [0.2, 0.25) is 5.04 Å². The van der Waals surface area contributed by atoms with Crippen molar-refractivity contribution in [3.63, 3.8) is 0 Å². The molecule has 1 amide bonds. The van der Waals surface area contributed by atoms with Gasteiger partial charge in [0.2, 0.25) is 0 Å². The monoisotopic (exact) mass is 585 g/mol. The van der Waals surface area contributed by atoms with Gasteiger partial charge in [-0.25, -0.2) is 4.79 Å².